The number of rotatable bonds is 1. The first kappa shape index (κ1) is 14.8. The van der Waals surface area contributed by atoms with Crippen LogP contribution in [0.1, 0.15) is 20.8 Å². The van der Waals surface area contributed by atoms with Gasteiger partial charge in [-0.25, -0.2) is 0 Å². The second-order valence-corrected chi connectivity index (χ2v) is 8.86. The van der Waals surface area contributed by atoms with Gasteiger partial charge in [-0.1, -0.05) is 20.8 Å². The Morgan fingerprint density at radius 3 is 1.67 bits per heavy atom. The maximum absolute atomic E-state index is 14.3. The van der Waals surface area contributed by atoms with Crippen LogP contribution in [0.5, 0.6) is 0 Å². The third kappa shape index (κ3) is 4.07. The molecule has 0 rings (SSSR count). The summed E-state index contributed by atoms with van der Waals surface area (Å²) >= 11 is 5.00. The van der Waals surface area contributed by atoms with Crippen LogP contribution < -0.4 is 0 Å². The number of hydrogen-bond acceptors (Lipinski definition) is 1. The van der Waals surface area contributed by atoms with E-state index in [0.717, 1.165) is 0 Å². The Morgan fingerprint density at radius 1 is 1.13 bits per heavy atom. The zero-order chi connectivity index (χ0) is 12.4. The molecule has 0 aromatic heterocycles. The average molecular weight is 253 g/mol. The van der Waals surface area contributed by atoms with Gasteiger partial charge in [0.25, 0.3) is 0 Å². The van der Waals surface area contributed by atoms with E-state index in [9.17, 15) is 4.20 Å². The number of hydrogen-bond donors (Lipinski definition) is 0. The van der Waals surface area contributed by atoms with Crippen LogP contribution in [0.2, 0.25) is 0 Å². The molecule has 0 radical (unpaired) electrons. The van der Waals surface area contributed by atoms with Crippen LogP contribution in [0.4, 0.5) is 4.20 Å². The van der Waals surface area contributed by atoms with Gasteiger partial charge in [-0.2, -0.15) is 8.96 Å². The normalized spacial score (nSPS) is 15.5. The molecular weight excluding hydrogens is 232 g/mol. The van der Waals surface area contributed by atoms with E-state index < -0.39 is 11.7 Å². The molecule has 0 saturated carbocycles. The molecular formula is C9H21FN3PS. The second-order valence-electron chi connectivity index (χ2n) is 4.86. The van der Waals surface area contributed by atoms with Gasteiger partial charge < -0.3 is 9.80 Å². The van der Waals surface area contributed by atoms with Crippen LogP contribution in [0.3, 0.4) is 0 Å². The number of halogens is 1. The fraction of sp³-hybridized carbons (Fsp3) is 0.889. The van der Waals surface area contributed by atoms with Gasteiger partial charge in [0.15, 0.2) is 0 Å². The van der Waals surface area contributed by atoms with Gasteiger partial charge in [0.05, 0.1) is 0 Å². The molecule has 0 fully saturated rings. The summed E-state index contributed by atoms with van der Waals surface area (Å²) in [6.45, 7) is 2.17. The van der Waals surface area contributed by atoms with Crippen LogP contribution in [-0.4, -0.2) is 49.1 Å². The molecule has 15 heavy (non-hydrogen) atoms. The minimum atomic E-state index is -3.20. The van der Waals surface area contributed by atoms with Gasteiger partial charge in [-0.15, -0.1) is 0 Å². The van der Waals surface area contributed by atoms with Crippen molar-refractivity contribution in [1.29, 1.82) is 0 Å². The van der Waals surface area contributed by atoms with Gasteiger partial charge in [-0.3, -0.25) is 0 Å². The largest absolute Gasteiger partial charge is 0.349 e. The predicted octanol–water partition coefficient (Wildman–Crippen LogP) is 2.54. The highest BCUT2D eigenvalue weighted by molar-refractivity contribution is 8.12. The fourth-order valence-corrected chi connectivity index (χ4v) is 1.95. The first-order chi connectivity index (χ1) is 6.49. The number of guanidine groups is 1. The highest BCUT2D eigenvalue weighted by Gasteiger charge is 2.33. The molecule has 90 valence electrons. The van der Waals surface area contributed by atoms with Gasteiger partial charge in [0, 0.05) is 33.3 Å². The third-order valence-electron chi connectivity index (χ3n) is 1.85. The smallest absolute Gasteiger partial charge is 0.226 e. The lowest BCUT2D eigenvalue weighted by molar-refractivity contribution is 0.485. The lowest BCUT2D eigenvalue weighted by Gasteiger charge is -2.28. The molecule has 0 aliphatic heterocycles. The van der Waals surface area contributed by atoms with Crippen molar-refractivity contribution in [2.45, 2.75) is 25.9 Å². The molecule has 0 aromatic carbocycles. The summed E-state index contributed by atoms with van der Waals surface area (Å²) in [5.74, 6) is 0.579. The molecule has 0 bridgehead atoms. The topological polar surface area (TPSA) is 18.8 Å². The molecule has 6 heteroatoms. The summed E-state index contributed by atoms with van der Waals surface area (Å²) in [7, 11) is 7.32. The summed E-state index contributed by atoms with van der Waals surface area (Å²) < 4.78 is 18.4. The van der Waals surface area contributed by atoms with E-state index in [1.54, 1.807) is 30.6 Å². The predicted molar refractivity (Wildman–Crippen MR) is 70.0 cm³/mol. The summed E-state index contributed by atoms with van der Waals surface area (Å²) in [5.41, 5.74) is 0. The van der Waals surface area contributed by atoms with E-state index in [1.807, 2.05) is 28.2 Å². The Kier molecular flexibility index (Phi) is 4.74. The molecule has 1 unspecified atom stereocenters. The molecule has 0 spiro atoms. The standard InChI is InChI=1S/C9H21FN3PS/c1-9(2,3)14(10,15)11-8(12(4)5)13(6)7/h1-7H3. The third-order valence-corrected chi connectivity index (χ3v) is 5.82. The fourth-order valence-electron chi connectivity index (χ4n) is 0.844. The van der Waals surface area contributed by atoms with Gasteiger partial charge in [0.1, 0.15) is 0 Å². The van der Waals surface area contributed by atoms with Crippen LogP contribution in [-0.2, 0) is 11.8 Å². The van der Waals surface area contributed by atoms with Crippen LogP contribution in [0, 0.1) is 0 Å². The van der Waals surface area contributed by atoms with Gasteiger partial charge in [-0.05, 0) is 11.8 Å². The lowest BCUT2D eigenvalue weighted by atomic mass is 10.3. The highest BCUT2D eigenvalue weighted by Crippen LogP contribution is 2.61. The monoisotopic (exact) mass is 253 g/mol. The molecule has 3 nitrogen and oxygen atoms in total. The molecule has 0 aliphatic carbocycles. The van der Waals surface area contributed by atoms with Crippen molar-refractivity contribution in [2.75, 3.05) is 28.2 Å². The summed E-state index contributed by atoms with van der Waals surface area (Å²) in [5, 5.41) is -0.584. The van der Waals surface area contributed by atoms with Crippen LogP contribution in [0.25, 0.3) is 0 Å². The Balaban J connectivity index is 5.25. The minimum absolute atomic E-state index is 0.579. The molecule has 0 aliphatic rings. The molecule has 1 atom stereocenters. The first-order valence-electron chi connectivity index (χ1n) is 4.73. The average Bonchev–Trinajstić information content (AvgIpc) is 1.96. The van der Waals surface area contributed by atoms with Crippen molar-refractivity contribution in [3.63, 3.8) is 0 Å². The first-order valence-corrected chi connectivity index (χ1v) is 7.38. The van der Waals surface area contributed by atoms with Gasteiger partial charge >= 0.3 is 0 Å². The minimum Gasteiger partial charge on any atom is -0.349 e. The summed E-state index contributed by atoms with van der Waals surface area (Å²) in [6.07, 6.45) is 0. The van der Waals surface area contributed by atoms with Crippen molar-refractivity contribution in [3.8, 4) is 0 Å². The molecule has 0 aromatic rings. The van der Waals surface area contributed by atoms with E-state index in [1.165, 1.54) is 0 Å². The molecule has 0 heterocycles. The summed E-state index contributed by atoms with van der Waals surface area (Å²) in [4.78, 5) is 3.54. The zero-order valence-corrected chi connectivity index (χ0v) is 12.3. The van der Waals surface area contributed by atoms with Crippen molar-refractivity contribution in [1.82, 2.24) is 9.80 Å². The zero-order valence-electron chi connectivity index (χ0n) is 10.6. The Morgan fingerprint density at radius 2 is 1.47 bits per heavy atom. The second kappa shape index (κ2) is 4.79. The van der Waals surface area contributed by atoms with Gasteiger partial charge in [0.2, 0.25) is 12.5 Å². The maximum atomic E-state index is 14.3. The lowest BCUT2D eigenvalue weighted by Crippen LogP contribution is -2.35. The molecule has 0 N–H and O–H groups in total. The van der Waals surface area contributed by atoms with Crippen molar-refractivity contribution in [2.24, 2.45) is 4.76 Å². The van der Waals surface area contributed by atoms with E-state index in [0.29, 0.717) is 5.96 Å². The van der Waals surface area contributed by atoms with E-state index in [2.05, 4.69) is 4.76 Å². The quantitative estimate of drug-likeness (QED) is 0.406. The van der Waals surface area contributed by atoms with E-state index >= 15 is 0 Å². The van der Waals surface area contributed by atoms with E-state index in [-0.39, 0.29) is 0 Å². The Hall–Kier alpha value is -0.150. The van der Waals surface area contributed by atoms with Crippen LogP contribution >= 0.6 is 6.50 Å². The summed E-state index contributed by atoms with van der Waals surface area (Å²) in [6, 6.07) is 0. The highest BCUT2D eigenvalue weighted by atomic mass is 32.5. The maximum Gasteiger partial charge on any atom is 0.226 e. The van der Waals surface area contributed by atoms with Crippen LogP contribution in [0.15, 0.2) is 4.76 Å². The van der Waals surface area contributed by atoms with Crippen molar-refractivity contribution >= 4 is 24.3 Å². The molecule has 0 saturated heterocycles. The SMILES string of the molecule is CN(C)C(=NP(F)(=S)C(C)(C)C)N(C)C. The van der Waals surface area contributed by atoms with Crippen molar-refractivity contribution in [3.05, 3.63) is 0 Å². The Bertz CT molecular complexity index is 284. The molecule has 0 amide bonds. The number of nitrogens with zero attached hydrogens (tertiary/aromatic N) is 3. The Labute approximate surface area is 97.5 Å². The van der Waals surface area contributed by atoms with Crippen molar-refractivity contribution < 1.29 is 4.20 Å². The van der Waals surface area contributed by atoms with E-state index in [4.69, 9.17) is 11.8 Å².